The predicted octanol–water partition coefficient (Wildman–Crippen LogP) is 1.38. The molecule has 1 atom stereocenters. The molecule has 8 nitrogen and oxygen atoms in total. The molecule has 4 rings (SSSR count). The van der Waals surface area contributed by atoms with Crippen molar-refractivity contribution in [2.45, 2.75) is 45.3 Å². The van der Waals surface area contributed by atoms with E-state index < -0.39 is 6.10 Å². The normalized spacial score (nSPS) is 18.8. The number of rotatable bonds is 7. The topological polar surface area (TPSA) is 98.7 Å². The highest BCUT2D eigenvalue weighted by molar-refractivity contribution is 5.92. The molecule has 1 aromatic carbocycles. The van der Waals surface area contributed by atoms with E-state index in [1.807, 2.05) is 0 Å². The Morgan fingerprint density at radius 2 is 2.00 bits per heavy atom. The highest BCUT2D eigenvalue weighted by Crippen LogP contribution is 2.34. The first-order valence-electron chi connectivity index (χ1n) is 11.6. The van der Waals surface area contributed by atoms with Crippen molar-refractivity contribution in [1.29, 1.82) is 0 Å². The minimum absolute atomic E-state index is 0.0877. The summed E-state index contributed by atoms with van der Waals surface area (Å²) in [4.78, 5) is 36.4. The van der Waals surface area contributed by atoms with Gasteiger partial charge in [0.05, 0.1) is 6.10 Å². The molecular weight excluding hydrogens is 418 g/mol. The van der Waals surface area contributed by atoms with Gasteiger partial charge in [-0.3, -0.25) is 14.5 Å². The maximum atomic E-state index is 12.6. The fourth-order valence-corrected chi connectivity index (χ4v) is 4.87. The molecule has 0 saturated carbocycles. The highest BCUT2D eigenvalue weighted by Gasteiger charge is 2.35. The SMILES string of the molecule is CC(=O)N1CC(Cc2cc(C(=O)NC[C@H](O)CN3CCc4ccccc4C3(C)C)ncn2)C1. The summed E-state index contributed by atoms with van der Waals surface area (Å²) in [6, 6.07) is 10.2. The van der Waals surface area contributed by atoms with E-state index >= 15 is 0 Å². The van der Waals surface area contributed by atoms with Gasteiger partial charge in [0.25, 0.3) is 5.91 Å². The molecule has 2 N–H and O–H groups in total. The standard InChI is InChI=1S/C25H33N5O3/c1-17(31)29-13-18(14-29)10-20-11-23(28-16-27-20)24(33)26-12-21(32)15-30-9-8-19-6-4-5-7-22(19)25(30,2)3/h4-7,11,16,18,21,32H,8-10,12-15H2,1-3H3,(H,26,33)/t21-/m0/s1. The maximum Gasteiger partial charge on any atom is 0.270 e. The zero-order valence-corrected chi connectivity index (χ0v) is 19.6. The number of aliphatic hydroxyl groups is 1. The fourth-order valence-electron chi connectivity index (χ4n) is 4.87. The number of β-amino-alcohol motifs (C(OH)–C–C–N with tert-alkyl or cyclic N) is 1. The van der Waals surface area contributed by atoms with E-state index in [1.165, 1.54) is 17.5 Å². The molecule has 2 amide bonds. The van der Waals surface area contributed by atoms with Crippen LogP contribution in [-0.2, 0) is 23.2 Å². The van der Waals surface area contributed by atoms with Crippen molar-refractivity contribution in [3.63, 3.8) is 0 Å². The van der Waals surface area contributed by atoms with E-state index in [0.29, 0.717) is 24.6 Å². The van der Waals surface area contributed by atoms with Crippen LogP contribution >= 0.6 is 0 Å². The first kappa shape index (κ1) is 23.3. The average molecular weight is 452 g/mol. The second-order valence-corrected chi connectivity index (χ2v) is 9.66. The van der Waals surface area contributed by atoms with Gasteiger partial charge in [0.1, 0.15) is 12.0 Å². The van der Waals surface area contributed by atoms with Crippen molar-refractivity contribution in [3.05, 3.63) is 59.2 Å². The molecule has 8 heteroatoms. The summed E-state index contributed by atoms with van der Waals surface area (Å²) in [5, 5.41) is 13.4. The van der Waals surface area contributed by atoms with Crippen LogP contribution in [0.4, 0.5) is 0 Å². The van der Waals surface area contributed by atoms with Gasteiger partial charge >= 0.3 is 0 Å². The van der Waals surface area contributed by atoms with Gasteiger partial charge in [0, 0.05) is 50.9 Å². The lowest BCUT2D eigenvalue weighted by Crippen LogP contribution is -2.51. The number of amides is 2. The van der Waals surface area contributed by atoms with Crippen molar-refractivity contribution < 1.29 is 14.7 Å². The van der Waals surface area contributed by atoms with Crippen LogP contribution in [0.2, 0.25) is 0 Å². The van der Waals surface area contributed by atoms with Crippen molar-refractivity contribution in [2.75, 3.05) is 32.7 Å². The van der Waals surface area contributed by atoms with Gasteiger partial charge in [-0.15, -0.1) is 0 Å². The van der Waals surface area contributed by atoms with Gasteiger partial charge in [-0.25, -0.2) is 9.97 Å². The lowest BCUT2D eigenvalue weighted by Gasteiger charge is -2.44. The summed E-state index contributed by atoms with van der Waals surface area (Å²) in [6.45, 7) is 8.88. The van der Waals surface area contributed by atoms with Gasteiger partial charge < -0.3 is 15.3 Å². The number of fused-ring (bicyclic) bond motifs is 1. The quantitative estimate of drug-likeness (QED) is 0.660. The summed E-state index contributed by atoms with van der Waals surface area (Å²) in [5.74, 6) is 0.129. The Bertz CT molecular complexity index is 1020. The molecule has 0 spiro atoms. The van der Waals surface area contributed by atoms with Crippen LogP contribution < -0.4 is 5.32 Å². The van der Waals surface area contributed by atoms with Crippen LogP contribution in [0.25, 0.3) is 0 Å². The first-order valence-corrected chi connectivity index (χ1v) is 11.6. The van der Waals surface area contributed by atoms with Crippen LogP contribution in [0.3, 0.4) is 0 Å². The molecular formula is C25H33N5O3. The van der Waals surface area contributed by atoms with E-state index in [4.69, 9.17) is 0 Å². The zero-order chi connectivity index (χ0) is 23.6. The van der Waals surface area contributed by atoms with Gasteiger partial charge in [0.2, 0.25) is 5.91 Å². The number of nitrogens with one attached hydrogen (secondary N) is 1. The van der Waals surface area contributed by atoms with E-state index in [1.54, 1.807) is 17.9 Å². The number of hydrogen-bond acceptors (Lipinski definition) is 6. The Morgan fingerprint density at radius 3 is 2.76 bits per heavy atom. The maximum absolute atomic E-state index is 12.6. The van der Waals surface area contributed by atoms with Crippen LogP contribution in [0.15, 0.2) is 36.7 Å². The molecule has 2 aliphatic heterocycles. The van der Waals surface area contributed by atoms with Crippen molar-refractivity contribution in [3.8, 4) is 0 Å². The van der Waals surface area contributed by atoms with Crippen LogP contribution in [-0.4, -0.2) is 75.5 Å². The molecule has 3 heterocycles. The average Bonchev–Trinajstić information content (AvgIpc) is 2.76. The smallest absolute Gasteiger partial charge is 0.270 e. The van der Waals surface area contributed by atoms with Gasteiger partial charge in [-0.05, 0) is 49.8 Å². The lowest BCUT2D eigenvalue weighted by molar-refractivity contribution is -0.134. The Kier molecular flexibility index (Phi) is 6.76. The first-order chi connectivity index (χ1) is 15.7. The predicted molar refractivity (Wildman–Crippen MR) is 125 cm³/mol. The summed E-state index contributed by atoms with van der Waals surface area (Å²) < 4.78 is 0. The third kappa shape index (κ3) is 5.23. The van der Waals surface area contributed by atoms with Crippen LogP contribution in [0, 0.1) is 5.92 Å². The highest BCUT2D eigenvalue weighted by atomic mass is 16.3. The molecule has 33 heavy (non-hydrogen) atoms. The monoisotopic (exact) mass is 451 g/mol. The number of aliphatic hydroxyl groups excluding tert-OH is 1. The van der Waals surface area contributed by atoms with Crippen molar-refractivity contribution in [1.82, 2.24) is 25.1 Å². The molecule has 1 aromatic heterocycles. The number of carbonyl (C=O) groups excluding carboxylic acids is 2. The Morgan fingerprint density at radius 1 is 1.24 bits per heavy atom. The number of benzene rings is 1. The molecule has 0 bridgehead atoms. The van der Waals surface area contributed by atoms with Crippen LogP contribution in [0.1, 0.15) is 48.1 Å². The minimum atomic E-state index is -0.688. The van der Waals surface area contributed by atoms with E-state index in [2.05, 4.69) is 58.3 Å². The minimum Gasteiger partial charge on any atom is -0.390 e. The summed E-state index contributed by atoms with van der Waals surface area (Å²) >= 11 is 0. The molecule has 176 valence electrons. The largest absolute Gasteiger partial charge is 0.390 e. The van der Waals surface area contributed by atoms with E-state index in [-0.39, 0.29) is 23.9 Å². The molecule has 2 aromatic rings. The van der Waals surface area contributed by atoms with Crippen molar-refractivity contribution >= 4 is 11.8 Å². The molecule has 0 aliphatic carbocycles. The fraction of sp³-hybridized carbons (Fsp3) is 0.520. The number of nitrogens with zero attached hydrogens (tertiary/aromatic N) is 4. The van der Waals surface area contributed by atoms with Gasteiger partial charge in [0.15, 0.2) is 0 Å². The van der Waals surface area contributed by atoms with Gasteiger partial charge in [-0.2, -0.15) is 0 Å². The number of hydrogen-bond donors (Lipinski definition) is 2. The lowest BCUT2D eigenvalue weighted by atomic mass is 9.83. The summed E-state index contributed by atoms with van der Waals surface area (Å²) in [7, 11) is 0. The summed E-state index contributed by atoms with van der Waals surface area (Å²) in [5.41, 5.74) is 3.55. The summed E-state index contributed by atoms with van der Waals surface area (Å²) in [6.07, 6.45) is 2.37. The Balaban J connectivity index is 1.28. The number of aromatic nitrogens is 2. The second-order valence-electron chi connectivity index (χ2n) is 9.66. The third-order valence-electron chi connectivity index (χ3n) is 6.90. The number of carbonyl (C=O) groups is 2. The number of likely N-dealkylation sites (tertiary alicyclic amines) is 1. The van der Waals surface area contributed by atoms with E-state index in [0.717, 1.165) is 31.7 Å². The molecule has 0 unspecified atom stereocenters. The molecule has 2 aliphatic rings. The molecule has 1 saturated heterocycles. The van der Waals surface area contributed by atoms with Crippen molar-refractivity contribution in [2.24, 2.45) is 5.92 Å². The molecule has 0 radical (unpaired) electrons. The van der Waals surface area contributed by atoms with E-state index in [9.17, 15) is 14.7 Å². The Hall–Kier alpha value is -2.84. The third-order valence-corrected chi connectivity index (χ3v) is 6.90. The van der Waals surface area contributed by atoms with Gasteiger partial charge in [-0.1, -0.05) is 24.3 Å². The second kappa shape index (κ2) is 9.57. The zero-order valence-electron chi connectivity index (χ0n) is 19.6. The Labute approximate surface area is 195 Å². The van der Waals surface area contributed by atoms with Crippen LogP contribution in [0.5, 0.6) is 0 Å². The molecule has 1 fully saturated rings.